The first-order chi connectivity index (χ1) is 38.7. The number of nitrogens with zero attached hydrogens (tertiary/aromatic N) is 8. The predicted molar refractivity (Wildman–Crippen MR) is 324 cm³/mol. The zero-order valence-electron chi connectivity index (χ0n) is 45.4. The number of carbonyl (C=O) groups is 7. The van der Waals surface area contributed by atoms with Gasteiger partial charge in [-0.25, -0.2) is 0 Å². The van der Waals surface area contributed by atoms with Crippen LogP contribution in [-0.2, 0) is 54.9 Å². The number of aliphatic hydroxyl groups excluding tert-OH is 1. The van der Waals surface area contributed by atoms with E-state index in [4.69, 9.17) is 0 Å². The van der Waals surface area contributed by atoms with E-state index >= 15 is 0 Å². The Bertz CT molecular complexity index is 3570. The van der Waals surface area contributed by atoms with Crippen LogP contribution >= 0.6 is 47.8 Å². The number of fused-ring (bicyclic) bond motifs is 3. The summed E-state index contributed by atoms with van der Waals surface area (Å²) >= 11 is 10.4. The number of halogens is 3. The zero-order chi connectivity index (χ0) is 58.3. The van der Waals surface area contributed by atoms with E-state index in [-0.39, 0.29) is 72.9 Å². The quantitative estimate of drug-likeness (QED) is 0.0858. The molecule has 0 aliphatic carbocycles. The lowest BCUT2D eigenvalue weighted by Gasteiger charge is -2.53. The number of aliphatic hydroxyl groups is 1. The Balaban J connectivity index is 0.000000162. The molecule has 0 spiro atoms. The van der Waals surface area contributed by atoms with Crippen molar-refractivity contribution in [2.75, 3.05) is 60.0 Å². The molecule has 6 heterocycles. The minimum absolute atomic E-state index is 0.0468. The van der Waals surface area contributed by atoms with E-state index in [0.29, 0.717) is 64.3 Å². The lowest BCUT2D eigenvalue weighted by atomic mass is 9.88. The number of ketones is 1. The standard InChI is InChI=1S/C25H24BrN3O3.C18H20BrN3O3.C18H20BrN3O2/c1-2-24(31)29-13-18(14-29)10-20(30)15-28-16-22(21-11-19(26)8-9-23(21)28)25(32)27-12-17-6-4-3-5-7-17;1-3-16(24)22-10-18(11-22,12-23)20(2)17(25)9-21-7-6-13-8-14(19)4-5-15(13)21;1-4-17(23)22-9-14(10-22)20(3)18(24)11-21-8-12(2)15-7-13(19)5-6-16(15)21/h2-9,11,16,18H,1,10,12-15H2,(H,27,32);3-8,23H,1,9-12H2,2H3;4-8,14H,1,9-11H2,2-3H3. The lowest BCUT2D eigenvalue weighted by molar-refractivity contribution is -0.157. The molecule has 17 nitrogen and oxygen atoms in total. The van der Waals surface area contributed by atoms with Crippen molar-refractivity contribution in [1.82, 2.24) is 43.5 Å². The zero-order valence-corrected chi connectivity index (χ0v) is 50.2. The summed E-state index contributed by atoms with van der Waals surface area (Å²) in [7, 11) is 3.48. The molecular weight excluding hydrogens is 1230 g/mol. The minimum atomic E-state index is -0.720. The summed E-state index contributed by atoms with van der Waals surface area (Å²) < 4.78 is 8.60. The van der Waals surface area contributed by atoms with Crippen LogP contribution in [0.2, 0.25) is 0 Å². The van der Waals surface area contributed by atoms with Crippen molar-refractivity contribution < 1.29 is 38.7 Å². The third-order valence-electron chi connectivity index (χ3n) is 15.2. The Morgan fingerprint density at radius 2 is 1.20 bits per heavy atom. The molecule has 6 amide bonds. The second kappa shape index (κ2) is 26.0. The van der Waals surface area contributed by atoms with Gasteiger partial charge in [-0.15, -0.1) is 0 Å². The molecule has 0 saturated carbocycles. The summed E-state index contributed by atoms with van der Waals surface area (Å²) in [4.78, 5) is 93.9. The van der Waals surface area contributed by atoms with Gasteiger partial charge in [-0.3, -0.25) is 33.6 Å². The molecule has 3 fully saturated rings. The monoisotopic (exact) mass is 1290 g/mol. The highest BCUT2D eigenvalue weighted by Gasteiger charge is 2.49. The maximum Gasteiger partial charge on any atom is 0.253 e. The average molecular weight is 1290 g/mol. The van der Waals surface area contributed by atoms with Crippen molar-refractivity contribution in [2.24, 2.45) is 5.92 Å². The molecule has 2 N–H and O–H groups in total. The van der Waals surface area contributed by atoms with Crippen LogP contribution in [0.5, 0.6) is 0 Å². The molecule has 3 saturated heterocycles. The molecular formula is C61H64Br3N9O8. The van der Waals surface area contributed by atoms with Crippen LogP contribution in [0.3, 0.4) is 0 Å². The molecule has 7 aromatic rings. The van der Waals surface area contributed by atoms with E-state index in [2.05, 4.69) is 78.9 Å². The number of amides is 6. The van der Waals surface area contributed by atoms with Gasteiger partial charge in [0.2, 0.25) is 29.5 Å². The van der Waals surface area contributed by atoms with Gasteiger partial charge in [-0.1, -0.05) is 97.9 Å². The van der Waals surface area contributed by atoms with Crippen LogP contribution in [0.25, 0.3) is 32.7 Å². The molecule has 422 valence electrons. The number of benzene rings is 4. The molecule has 81 heavy (non-hydrogen) atoms. The van der Waals surface area contributed by atoms with Crippen molar-refractivity contribution in [2.45, 2.75) is 51.1 Å². The first-order valence-electron chi connectivity index (χ1n) is 26.2. The third kappa shape index (κ3) is 13.7. The van der Waals surface area contributed by atoms with Crippen LogP contribution in [0, 0.1) is 12.8 Å². The number of hydrogen-bond donors (Lipinski definition) is 2. The molecule has 3 aromatic heterocycles. The van der Waals surface area contributed by atoms with E-state index in [1.54, 1.807) is 44.8 Å². The average Bonchev–Trinajstić information content (AvgIpc) is 4.27. The van der Waals surface area contributed by atoms with E-state index in [1.165, 1.54) is 18.2 Å². The van der Waals surface area contributed by atoms with Crippen molar-refractivity contribution in [3.05, 3.63) is 178 Å². The Labute approximate surface area is 495 Å². The van der Waals surface area contributed by atoms with Crippen LogP contribution in [0.15, 0.2) is 161 Å². The SMILES string of the molecule is C=CC(=O)N1CC(CC(=O)Cn2cc(C(=O)NCc3ccccc3)c3cc(Br)ccc32)C1.C=CC(=O)N1CC(CO)(N(C)C(=O)Cn2ccc3cc(Br)ccc32)C1.C=CC(=O)N1CC(N(C)C(=O)Cn2cc(C)c3cc(Br)ccc32)C1. The largest absolute Gasteiger partial charge is 0.394 e. The number of Topliss-reactive ketones (excluding diaryl/α,β-unsaturated/α-hetero) is 1. The number of likely N-dealkylation sites (tertiary alicyclic amines) is 3. The van der Waals surface area contributed by atoms with Gasteiger partial charge in [0, 0.05) is 137 Å². The summed E-state index contributed by atoms with van der Waals surface area (Å²) in [6, 6.07) is 29.5. The predicted octanol–water partition coefficient (Wildman–Crippen LogP) is 8.13. The summed E-state index contributed by atoms with van der Waals surface area (Å²) in [6.07, 6.45) is 9.90. The number of carbonyl (C=O) groups excluding carboxylic acids is 7. The van der Waals surface area contributed by atoms with Gasteiger partial charge in [0.15, 0.2) is 5.78 Å². The van der Waals surface area contributed by atoms with Crippen LogP contribution in [0.1, 0.15) is 27.9 Å². The fourth-order valence-corrected chi connectivity index (χ4v) is 11.4. The Kier molecular flexibility index (Phi) is 19.2. The normalized spacial score (nSPS) is 14.5. The molecule has 0 unspecified atom stereocenters. The first-order valence-corrected chi connectivity index (χ1v) is 28.6. The van der Waals surface area contributed by atoms with Crippen LogP contribution < -0.4 is 5.32 Å². The van der Waals surface area contributed by atoms with Gasteiger partial charge in [0.25, 0.3) is 5.91 Å². The number of rotatable bonds is 17. The van der Waals surface area contributed by atoms with E-state index in [1.807, 2.05) is 118 Å². The topological polar surface area (TPSA) is 183 Å². The maximum absolute atomic E-state index is 12.9. The Morgan fingerprint density at radius 1 is 0.654 bits per heavy atom. The molecule has 4 aromatic carbocycles. The number of aromatic nitrogens is 3. The lowest BCUT2D eigenvalue weighted by Crippen LogP contribution is -2.73. The van der Waals surface area contributed by atoms with Crippen molar-refractivity contribution in [1.29, 1.82) is 0 Å². The highest BCUT2D eigenvalue weighted by atomic mass is 79.9. The van der Waals surface area contributed by atoms with Crippen LogP contribution in [-0.4, -0.2) is 156 Å². The number of hydrogen-bond acceptors (Lipinski definition) is 8. The number of aryl methyl sites for hydroxylation is 1. The molecule has 0 bridgehead atoms. The highest BCUT2D eigenvalue weighted by molar-refractivity contribution is 9.11. The van der Waals surface area contributed by atoms with E-state index in [0.717, 1.165) is 57.3 Å². The summed E-state index contributed by atoms with van der Waals surface area (Å²) in [5.41, 5.74) is 4.84. The minimum Gasteiger partial charge on any atom is -0.394 e. The van der Waals surface area contributed by atoms with E-state index in [9.17, 15) is 38.7 Å². The second-order valence-corrected chi connectivity index (χ2v) is 23.4. The van der Waals surface area contributed by atoms with Gasteiger partial charge >= 0.3 is 0 Å². The Hall–Kier alpha value is -7.39. The fraction of sp³-hybridized carbons (Fsp3) is 0.295. The van der Waals surface area contributed by atoms with Gasteiger partial charge in [-0.2, -0.15) is 0 Å². The first kappa shape index (κ1) is 59.7. The van der Waals surface area contributed by atoms with Gasteiger partial charge in [0.05, 0.1) is 24.8 Å². The van der Waals surface area contributed by atoms with E-state index < -0.39 is 5.54 Å². The molecule has 3 aliphatic heterocycles. The van der Waals surface area contributed by atoms with Crippen LogP contribution in [0.4, 0.5) is 0 Å². The molecule has 10 rings (SSSR count). The third-order valence-corrected chi connectivity index (χ3v) is 16.7. The number of likely N-dealkylation sites (N-methyl/N-ethyl adjacent to an activating group) is 2. The molecule has 0 radical (unpaired) electrons. The summed E-state index contributed by atoms with van der Waals surface area (Å²) in [6.45, 7) is 16.3. The summed E-state index contributed by atoms with van der Waals surface area (Å²) in [5.74, 6) is -0.349. The van der Waals surface area contributed by atoms with Gasteiger partial charge in [0.1, 0.15) is 18.6 Å². The second-order valence-electron chi connectivity index (χ2n) is 20.6. The van der Waals surface area contributed by atoms with Crippen molar-refractivity contribution in [3.63, 3.8) is 0 Å². The highest BCUT2D eigenvalue weighted by Crippen LogP contribution is 2.30. The Morgan fingerprint density at radius 3 is 1.81 bits per heavy atom. The molecule has 3 aliphatic rings. The van der Waals surface area contributed by atoms with Crippen molar-refractivity contribution in [3.8, 4) is 0 Å². The summed E-state index contributed by atoms with van der Waals surface area (Å²) in [5, 5.41) is 15.7. The van der Waals surface area contributed by atoms with Crippen molar-refractivity contribution >= 4 is 122 Å². The van der Waals surface area contributed by atoms with Gasteiger partial charge < -0.3 is 48.6 Å². The smallest absolute Gasteiger partial charge is 0.253 e. The maximum atomic E-state index is 12.9. The molecule has 20 heteroatoms. The van der Waals surface area contributed by atoms with Gasteiger partial charge in [-0.05, 0) is 96.9 Å². The number of nitrogens with one attached hydrogen (secondary N) is 1. The fourth-order valence-electron chi connectivity index (χ4n) is 10.3. The molecule has 0 atom stereocenters.